The predicted octanol–water partition coefficient (Wildman–Crippen LogP) is 3.59. The lowest BCUT2D eigenvalue weighted by atomic mass is 10.0. The Morgan fingerprint density at radius 1 is 1.09 bits per heavy atom. The lowest BCUT2D eigenvalue weighted by Crippen LogP contribution is -2.24. The standard InChI is InChI=1S/C25H30N6O2/c1-4-27-24(32)20-15-29-23(31-18-6-5-17-14-26-9-7-16(17)11-18)13-21(20)30-19-8-10-28-22(12-19)25(2,3)33/h5-6,8,10-13,15,26,33H,4,7,9,14H2,1-3H3,(H,27,32)(H2,28,29,30,31). The summed E-state index contributed by atoms with van der Waals surface area (Å²) in [7, 11) is 0. The van der Waals surface area contributed by atoms with Crippen LogP contribution < -0.4 is 21.3 Å². The lowest BCUT2D eigenvalue weighted by Gasteiger charge is -2.19. The third-order valence-electron chi connectivity index (χ3n) is 5.52. The second-order valence-corrected chi connectivity index (χ2v) is 8.62. The predicted molar refractivity (Wildman–Crippen MR) is 130 cm³/mol. The van der Waals surface area contributed by atoms with E-state index in [1.807, 2.05) is 19.1 Å². The number of carbonyl (C=O) groups is 1. The van der Waals surface area contributed by atoms with Crippen LogP contribution in [0.5, 0.6) is 0 Å². The van der Waals surface area contributed by atoms with Crippen LogP contribution in [0.25, 0.3) is 0 Å². The van der Waals surface area contributed by atoms with Crippen molar-refractivity contribution in [2.75, 3.05) is 23.7 Å². The number of hydrogen-bond acceptors (Lipinski definition) is 7. The summed E-state index contributed by atoms with van der Waals surface area (Å²) in [4.78, 5) is 21.4. The van der Waals surface area contributed by atoms with Gasteiger partial charge in [-0.05, 0) is 69.1 Å². The molecule has 1 aliphatic heterocycles. The van der Waals surface area contributed by atoms with Crippen LogP contribution in [0, 0.1) is 0 Å². The Labute approximate surface area is 193 Å². The highest BCUT2D eigenvalue weighted by atomic mass is 16.3. The molecule has 8 heteroatoms. The van der Waals surface area contributed by atoms with Gasteiger partial charge in [0.25, 0.3) is 5.91 Å². The number of nitrogens with one attached hydrogen (secondary N) is 4. The van der Waals surface area contributed by atoms with Gasteiger partial charge in [-0.25, -0.2) is 4.98 Å². The maximum absolute atomic E-state index is 12.6. The number of amides is 1. The van der Waals surface area contributed by atoms with Gasteiger partial charge in [0.2, 0.25) is 0 Å². The van der Waals surface area contributed by atoms with E-state index in [1.165, 1.54) is 11.1 Å². The van der Waals surface area contributed by atoms with E-state index in [4.69, 9.17) is 0 Å². The van der Waals surface area contributed by atoms with E-state index in [-0.39, 0.29) is 5.91 Å². The molecule has 5 N–H and O–H groups in total. The minimum absolute atomic E-state index is 0.211. The third kappa shape index (κ3) is 5.47. The first-order valence-corrected chi connectivity index (χ1v) is 11.2. The van der Waals surface area contributed by atoms with Crippen molar-refractivity contribution < 1.29 is 9.90 Å². The zero-order valence-corrected chi connectivity index (χ0v) is 19.2. The summed E-state index contributed by atoms with van der Waals surface area (Å²) in [5, 5.41) is 23.2. The van der Waals surface area contributed by atoms with Gasteiger partial charge in [-0.3, -0.25) is 9.78 Å². The molecule has 0 fully saturated rings. The maximum atomic E-state index is 12.6. The molecule has 8 nitrogen and oxygen atoms in total. The smallest absolute Gasteiger partial charge is 0.254 e. The molecule has 0 atom stereocenters. The third-order valence-corrected chi connectivity index (χ3v) is 5.52. The zero-order valence-electron chi connectivity index (χ0n) is 19.2. The van der Waals surface area contributed by atoms with Crippen LogP contribution in [-0.4, -0.2) is 34.1 Å². The molecule has 0 aliphatic carbocycles. The number of aromatic nitrogens is 2. The first kappa shape index (κ1) is 22.7. The van der Waals surface area contributed by atoms with Crippen LogP contribution in [0.2, 0.25) is 0 Å². The summed E-state index contributed by atoms with van der Waals surface area (Å²) in [5.41, 5.74) is 4.80. The molecule has 0 bridgehead atoms. The first-order valence-electron chi connectivity index (χ1n) is 11.2. The number of hydrogen-bond donors (Lipinski definition) is 5. The van der Waals surface area contributed by atoms with Crippen molar-refractivity contribution in [3.8, 4) is 0 Å². The number of pyridine rings is 2. The Balaban J connectivity index is 1.64. The second kappa shape index (κ2) is 9.56. The highest BCUT2D eigenvalue weighted by Crippen LogP contribution is 2.28. The molecule has 1 aromatic carbocycles. The number of fused-ring (bicyclic) bond motifs is 1. The van der Waals surface area contributed by atoms with Crippen molar-refractivity contribution in [2.45, 2.75) is 39.3 Å². The molecule has 1 amide bonds. The van der Waals surface area contributed by atoms with Gasteiger partial charge in [-0.15, -0.1) is 0 Å². The van der Waals surface area contributed by atoms with Crippen LogP contribution >= 0.6 is 0 Å². The maximum Gasteiger partial charge on any atom is 0.254 e. The summed E-state index contributed by atoms with van der Waals surface area (Å²) in [6.07, 6.45) is 4.19. The average Bonchev–Trinajstić information content (AvgIpc) is 2.79. The van der Waals surface area contributed by atoms with Crippen LogP contribution in [0.4, 0.5) is 22.9 Å². The van der Waals surface area contributed by atoms with E-state index in [2.05, 4.69) is 43.4 Å². The SMILES string of the molecule is CCNC(=O)c1cnc(Nc2ccc3c(c2)CCNC3)cc1Nc1ccnc(C(C)(C)O)c1. The molecular weight excluding hydrogens is 416 g/mol. The van der Waals surface area contributed by atoms with Gasteiger partial charge in [0.05, 0.1) is 16.9 Å². The Morgan fingerprint density at radius 3 is 2.70 bits per heavy atom. The Kier molecular flexibility index (Phi) is 6.57. The molecule has 0 radical (unpaired) electrons. The van der Waals surface area contributed by atoms with Crippen LogP contribution in [0.3, 0.4) is 0 Å². The summed E-state index contributed by atoms with van der Waals surface area (Å²) in [6, 6.07) is 11.7. The van der Waals surface area contributed by atoms with Crippen LogP contribution in [0.1, 0.15) is 48.0 Å². The summed E-state index contributed by atoms with van der Waals surface area (Å²) < 4.78 is 0. The minimum atomic E-state index is -1.08. The van der Waals surface area contributed by atoms with E-state index < -0.39 is 5.60 Å². The molecular formula is C25H30N6O2. The van der Waals surface area contributed by atoms with Gasteiger partial charge in [-0.2, -0.15) is 0 Å². The quantitative estimate of drug-likeness (QED) is 0.377. The zero-order chi connectivity index (χ0) is 23.4. The lowest BCUT2D eigenvalue weighted by molar-refractivity contribution is 0.0739. The highest BCUT2D eigenvalue weighted by Gasteiger charge is 2.19. The first-order chi connectivity index (χ1) is 15.8. The van der Waals surface area contributed by atoms with Crippen molar-refractivity contribution in [3.05, 3.63) is 71.2 Å². The van der Waals surface area contributed by atoms with Crippen molar-refractivity contribution in [2.24, 2.45) is 0 Å². The van der Waals surface area contributed by atoms with E-state index in [0.717, 1.165) is 25.2 Å². The molecule has 3 aromatic rings. The average molecular weight is 447 g/mol. The van der Waals surface area contributed by atoms with Gasteiger partial charge >= 0.3 is 0 Å². The fourth-order valence-corrected chi connectivity index (χ4v) is 3.77. The van der Waals surface area contributed by atoms with Crippen molar-refractivity contribution in [1.29, 1.82) is 0 Å². The van der Waals surface area contributed by atoms with Crippen molar-refractivity contribution in [3.63, 3.8) is 0 Å². The Hall–Kier alpha value is -3.49. The van der Waals surface area contributed by atoms with Gasteiger partial charge in [0, 0.05) is 42.9 Å². The number of benzene rings is 1. The number of carbonyl (C=O) groups excluding carboxylic acids is 1. The van der Waals surface area contributed by atoms with E-state index in [1.54, 1.807) is 38.4 Å². The summed E-state index contributed by atoms with van der Waals surface area (Å²) in [6.45, 7) is 7.62. The second-order valence-electron chi connectivity index (χ2n) is 8.62. The van der Waals surface area contributed by atoms with Gasteiger partial charge in [0.15, 0.2) is 0 Å². The molecule has 0 unspecified atom stereocenters. The normalized spacial score (nSPS) is 13.2. The molecule has 3 heterocycles. The Bertz CT molecular complexity index is 1160. The molecule has 2 aromatic heterocycles. The molecule has 33 heavy (non-hydrogen) atoms. The van der Waals surface area contributed by atoms with E-state index in [0.29, 0.717) is 35.0 Å². The van der Waals surface area contributed by atoms with Gasteiger partial charge in [-0.1, -0.05) is 6.07 Å². The van der Waals surface area contributed by atoms with Crippen LogP contribution in [0.15, 0.2) is 48.8 Å². The summed E-state index contributed by atoms with van der Waals surface area (Å²) >= 11 is 0. The highest BCUT2D eigenvalue weighted by molar-refractivity contribution is 6.00. The van der Waals surface area contributed by atoms with Crippen molar-refractivity contribution >= 4 is 28.8 Å². The molecule has 1 aliphatic rings. The summed E-state index contributed by atoms with van der Waals surface area (Å²) in [5.74, 6) is 0.410. The molecule has 0 spiro atoms. The monoisotopic (exact) mass is 446 g/mol. The van der Waals surface area contributed by atoms with E-state index >= 15 is 0 Å². The number of anilines is 4. The molecule has 0 saturated carbocycles. The van der Waals surface area contributed by atoms with Crippen LogP contribution in [-0.2, 0) is 18.6 Å². The molecule has 0 saturated heterocycles. The van der Waals surface area contributed by atoms with Gasteiger partial charge in [0.1, 0.15) is 11.4 Å². The number of aliphatic hydroxyl groups is 1. The fraction of sp³-hybridized carbons (Fsp3) is 0.320. The molecule has 4 rings (SSSR count). The number of nitrogens with zero attached hydrogens (tertiary/aromatic N) is 2. The van der Waals surface area contributed by atoms with E-state index in [9.17, 15) is 9.90 Å². The minimum Gasteiger partial charge on any atom is -0.384 e. The molecule has 172 valence electrons. The fourth-order valence-electron chi connectivity index (χ4n) is 3.77. The largest absolute Gasteiger partial charge is 0.384 e. The van der Waals surface area contributed by atoms with Crippen molar-refractivity contribution in [1.82, 2.24) is 20.6 Å². The topological polar surface area (TPSA) is 111 Å². The Morgan fingerprint density at radius 2 is 1.91 bits per heavy atom. The van der Waals surface area contributed by atoms with Gasteiger partial charge < -0.3 is 26.4 Å². The number of rotatable bonds is 7.